The lowest BCUT2D eigenvalue weighted by Crippen LogP contribution is -1.97. The van der Waals surface area contributed by atoms with Gasteiger partial charge in [-0.3, -0.25) is 0 Å². The first-order valence-corrected chi connectivity index (χ1v) is 5.94. The number of nitrogens with zero attached hydrogens (tertiary/aromatic N) is 2. The summed E-state index contributed by atoms with van der Waals surface area (Å²) in [6.45, 7) is 0. The van der Waals surface area contributed by atoms with Gasteiger partial charge in [-0.25, -0.2) is 9.97 Å². The highest BCUT2D eigenvalue weighted by Gasteiger charge is 2.05. The van der Waals surface area contributed by atoms with E-state index in [-0.39, 0.29) is 0 Å². The molecule has 0 atom stereocenters. The van der Waals surface area contributed by atoms with Crippen LogP contribution >= 0.6 is 27.5 Å². The van der Waals surface area contributed by atoms with Crippen LogP contribution in [0.15, 0.2) is 35.2 Å². The molecule has 0 fully saturated rings. The lowest BCUT2D eigenvalue weighted by molar-refractivity contribution is 0.417. The predicted molar refractivity (Wildman–Crippen MR) is 71.0 cm³/mol. The highest BCUT2D eigenvalue weighted by Crippen LogP contribution is 2.30. The summed E-state index contributed by atoms with van der Waals surface area (Å²) in [4.78, 5) is 8.04. The van der Waals surface area contributed by atoms with Crippen molar-refractivity contribution >= 4 is 39.0 Å². The van der Waals surface area contributed by atoms with Crippen LogP contribution < -0.4 is 10.1 Å². The Morgan fingerprint density at radius 3 is 2.82 bits per heavy atom. The molecule has 0 aliphatic heterocycles. The first-order chi connectivity index (χ1) is 8.19. The van der Waals surface area contributed by atoms with Crippen LogP contribution in [-0.2, 0) is 0 Å². The van der Waals surface area contributed by atoms with Gasteiger partial charge in [0.25, 0.3) is 0 Å². The maximum absolute atomic E-state index is 5.93. The summed E-state index contributed by atoms with van der Waals surface area (Å²) in [5, 5.41) is 3.74. The highest BCUT2D eigenvalue weighted by atomic mass is 79.9. The third-order valence-electron chi connectivity index (χ3n) is 2.06. The number of halogens is 2. The Labute approximate surface area is 112 Å². The van der Waals surface area contributed by atoms with Crippen molar-refractivity contribution in [2.45, 2.75) is 0 Å². The van der Waals surface area contributed by atoms with Crippen molar-refractivity contribution in [1.82, 2.24) is 9.97 Å². The average Bonchev–Trinajstić information content (AvgIpc) is 2.29. The van der Waals surface area contributed by atoms with E-state index >= 15 is 0 Å². The summed E-state index contributed by atoms with van der Waals surface area (Å²) in [5.74, 6) is 1.36. The van der Waals surface area contributed by atoms with E-state index in [0.717, 1.165) is 5.69 Å². The number of anilines is 2. The number of nitrogens with one attached hydrogen (secondary N) is 1. The van der Waals surface area contributed by atoms with Gasteiger partial charge in [0, 0.05) is 11.1 Å². The van der Waals surface area contributed by atoms with Crippen LogP contribution in [0.1, 0.15) is 0 Å². The Kier molecular flexibility index (Phi) is 3.81. The van der Waals surface area contributed by atoms with Crippen molar-refractivity contribution in [2.24, 2.45) is 0 Å². The van der Waals surface area contributed by atoms with Gasteiger partial charge in [-0.2, -0.15) is 0 Å². The Morgan fingerprint density at radius 2 is 2.12 bits per heavy atom. The number of aromatic nitrogens is 2. The smallest absolute Gasteiger partial charge is 0.142 e. The molecule has 0 amide bonds. The van der Waals surface area contributed by atoms with Gasteiger partial charge in [0.05, 0.1) is 12.8 Å². The number of ether oxygens (including phenoxy) is 1. The molecule has 1 aromatic carbocycles. The zero-order chi connectivity index (χ0) is 12.3. The molecule has 0 saturated heterocycles. The summed E-state index contributed by atoms with van der Waals surface area (Å²) < 4.78 is 5.93. The van der Waals surface area contributed by atoms with E-state index in [4.69, 9.17) is 16.3 Å². The molecule has 1 heterocycles. The zero-order valence-electron chi connectivity index (χ0n) is 8.95. The first kappa shape index (κ1) is 12.1. The van der Waals surface area contributed by atoms with E-state index in [0.29, 0.717) is 21.2 Å². The predicted octanol–water partition coefficient (Wildman–Crippen LogP) is 3.64. The topological polar surface area (TPSA) is 47.0 Å². The number of methoxy groups -OCH3 is 1. The van der Waals surface area contributed by atoms with Crippen LogP contribution in [0.3, 0.4) is 0 Å². The third-order valence-corrected chi connectivity index (χ3v) is 2.73. The second-order valence-corrected chi connectivity index (χ2v) is 4.44. The van der Waals surface area contributed by atoms with Crippen molar-refractivity contribution in [3.8, 4) is 5.75 Å². The summed E-state index contributed by atoms with van der Waals surface area (Å²) in [5.41, 5.74) is 0.755. The molecule has 0 aliphatic carbocycles. The second-order valence-electron chi connectivity index (χ2n) is 3.20. The molecule has 0 radical (unpaired) electrons. The largest absolute Gasteiger partial charge is 0.495 e. The van der Waals surface area contributed by atoms with Gasteiger partial charge < -0.3 is 10.1 Å². The molecule has 0 aliphatic rings. The van der Waals surface area contributed by atoms with E-state index in [2.05, 4.69) is 31.2 Å². The van der Waals surface area contributed by atoms with E-state index in [9.17, 15) is 0 Å². The van der Waals surface area contributed by atoms with Gasteiger partial charge in [0.15, 0.2) is 0 Å². The molecule has 2 aromatic rings. The summed E-state index contributed by atoms with van der Waals surface area (Å²) >= 11 is 9.21. The van der Waals surface area contributed by atoms with Crippen molar-refractivity contribution in [1.29, 1.82) is 0 Å². The maximum Gasteiger partial charge on any atom is 0.142 e. The Morgan fingerprint density at radius 1 is 1.29 bits per heavy atom. The fraction of sp³-hybridized carbons (Fsp3) is 0.0909. The first-order valence-electron chi connectivity index (χ1n) is 4.77. The lowest BCUT2D eigenvalue weighted by Gasteiger charge is -2.10. The minimum absolute atomic E-state index is 0.626. The van der Waals surface area contributed by atoms with Crippen LogP contribution in [-0.4, -0.2) is 17.1 Å². The van der Waals surface area contributed by atoms with E-state index < -0.39 is 0 Å². The zero-order valence-corrected chi connectivity index (χ0v) is 11.3. The Bertz CT molecular complexity index is 536. The van der Waals surface area contributed by atoms with Crippen LogP contribution in [0.25, 0.3) is 0 Å². The summed E-state index contributed by atoms with van der Waals surface area (Å²) in [6.07, 6.45) is 1.46. The van der Waals surface area contributed by atoms with Crippen LogP contribution in [0.4, 0.5) is 11.5 Å². The molecule has 1 aromatic heterocycles. The van der Waals surface area contributed by atoms with Crippen molar-refractivity contribution < 1.29 is 4.74 Å². The van der Waals surface area contributed by atoms with Crippen LogP contribution in [0, 0.1) is 0 Å². The number of hydrogen-bond acceptors (Lipinski definition) is 4. The third kappa shape index (κ3) is 3.08. The molecular formula is C11H9BrClN3O. The summed E-state index contributed by atoms with van der Waals surface area (Å²) in [6, 6.07) is 7.10. The molecule has 17 heavy (non-hydrogen) atoms. The molecule has 0 spiro atoms. The minimum Gasteiger partial charge on any atom is -0.495 e. The molecule has 0 saturated carbocycles. The second kappa shape index (κ2) is 5.33. The van der Waals surface area contributed by atoms with Crippen LogP contribution in [0.5, 0.6) is 5.75 Å². The quantitative estimate of drug-likeness (QED) is 0.879. The SMILES string of the molecule is COc1ccc(Cl)cc1Nc1cc(Br)ncn1. The van der Waals surface area contributed by atoms with E-state index in [1.54, 1.807) is 31.4 Å². The maximum atomic E-state index is 5.93. The number of rotatable bonds is 3. The number of hydrogen-bond donors (Lipinski definition) is 1. The van der Waals surface area contributed by atoms with Gasteiger partial charge in [0.2, 0.25) is 0 Å². The molecule has 0 unspecified atom stereocenters. The van der Waals surface area contributed by atoms with Crippen molar-refractivity contribution in [2.75, 3.05) is 12.4 Å². The fourth-order valence-electron chi connectivity index (χ4n) is 1.32. The van der Waals surface area contributed by atoms with Gasteiger partial charge in [-0.1, -0.05) is 11.6 Å². The molecule has 2 rings (SSSR count). The van der Waals surface area contributed by atoms with Crippen molar-refractivity contribution in [3.05, 3.63) is 40.2 Å². The lowest BCUT2D eigenvalue weighted by atomic mass is 10.3. The summed E-state index contributed by atoms with van der Waals surface area (Å²) in [7, 11) is 1.60. The van der Waals surface area contributed by atoms with Gasteiger partial charge in [0.1, 0.15) is 22.5 Å². The van der Waals surface area contributed by atoms with Crippen molar-refractivity contribution in [3.63, 3.8) is 0 Å². The number of benzene rings is 1. The van der Waals surface area contributed by atoms with E-state index in [1.165, 1.54) is 6.33 Å². The molecule has 1 N–H and O–H groups in total. The molecule has 0 bridgehead atoms. The van der Waals surface area contributed by atoms with Gasteiger partial charge >= 0.3 is 0 Å². The van der Waals surface area contributed by atoms with Crippen LogP contribution in [0.2, 0.25) is 5.02 Å². The highest BCUT2D eigenvalue weighted by molar-refractivity contribution is 9.10. The Balaban J connectivity index is 2.32. The minimum atomic E-state index is 0.626. The molecule has 6 heteroatoms. The normalized spacial score (nSPS) is 10.1. The molecular weight excluding hydrogens is 305 g/mol. The average molecular weight is 315 g/mol. The molecule has 4 nitrogen and oxygen atoms in total. The standard InChI is InChI=1S/C11H9BrClN3O/c1-17-9-3-2-7(13)4-8(9)16-11-5-10(12)14-6-15-11/h2-6H,1H3,(H,14,15,16). The Hall–Kier alpha value is -1.33. The molecule has 88 valence electrons. The van der Waals surface area contributed by atoms with E-state index in [1.807, 2.05) is 0 Å². The van der Waals surface area contributed by atoms with Gasteiger partial charge in [-0.05, 0) is 34.1 Å². The van der Waals surface area contributed by atoms with Gasteiger partial charge in [-0.15, -0.1) is 0 Å². The monoisotopic (exact) mass is 313 g/mol. The fourth-order valence-corrected chi connectivity index (χ4v) is 1.80.